The fourth-order valence-electron chi connectivity index (χ4n) is 2.42. The summed E-state index contributed by atoms with van der Waals surface area (Å²) in [4.78, 5) is 6.64. The first kappa shape index (κ1) is 19.0. The maximum Gasteiger partial charge on any atom is 0.191 e. The Hall–Kier alpha value is -1.02. The molecule has 0 aromatic heterocycles. The molecule has 0 unspecified atom stereocenters. The van der Waals surface area contributed by atoms with E-state index >= 15 is 0 Å². The van der Waals surface area contributed by atoms with Crippen molar-refractivity contribution in [2.75, 3.05) is 44.8 Å². The zero-order valence-corrected chi connectivity index (χ0v) is 15.8. The third kappa shape index (κ3) is 5.64. The van der Waals surface area contributed by atoms with Crippen LogP contribution < -0.4 is 15.5 Å². The van der Waals surface area contributed by atoms with Gasteiger partial charge in [-0.15, -0.1) is 24.0 Å². The van der Waals surface area contributed by atoms with Gasteiger partial charge in [-0.05, 0) is 18.1 Å². The molecule has 0 radical (unpaired) electrons. The predicted octanol–water partition coefficient (Wildman–Crippen LogP) is 2.22. The Morgan fingerprint density at radius 3 is 2.64 bits per heavy atom. The van der Waals surface area contributed by atoms with E-state index in [0.717, 1.165) is 51.8 Å². The number of morpholine rings is 1. The van der Waals surface area contributed by atoms with E-state index in [1.165, 1.54) is 11.3 Å². The molecule has 1 aliphatic rings. The van der Waals surface area contributed by atoms with Crippen LogP contribution in [0.2, 0.25) is 0 Å². The molecule has 5 nitrogen and oxygen atoms in total. The van der Waals surface area contributed by atoms with Gasteiger partial charge in [0.25, 0.3) is 0 Å². The third-order valence-corrected chi connectivity index (χ3v) is 3.56. The highest BCUT2D eigenvalue weighted by Crippen LogP contribution is 2.21. The van der Waals surface area contributed by atoms with Crippen LogP contribution in [0.25, 0.3) is 0 Å². The summed E-state index contributed by atoms with van der Waals surface area (Å²) >= 11 is 0. The smallest absolute Gasteiger partial charge is 0.191 e. The first-order valence-corrected chi connectivity index (χ1v) is 7.70. The summed E-state index contributed by atoms with van der Waals surface area (Å²) < 4.78 is 5.43. The third-order valence-electron chi connectivity index (χ3n) is 3.56. The minimum absolute atomic E-state index is 0. The van der Waals surface area contributed by atoms with Crippen molar-refractivity contribution in [2.45, 2.75) is 19.9 Å². The summed E-state index contributed by atoms with van der Waals surface area (Å²) in [6.07, 6.45) is 1.09. The molecule has 1 fully saturated rings. The molecule has 0 spiro atoms. The lowest BCUT2D eigenvalue weighted by molar-refractivity contribution is 0.122. The maximum absolute atomic E-state index is 5.43. The van der Waals surface area contributed by atoms with Gasteiger partial charge in [0.1, 0.15) is 0 Å². The number of anilines is 1. The molecule has 2 rings (SSSR count). The highest BCUT2D eigenvalue weighted by Gasteiger charge is 2.14. The molecule has 1 heterocycles. The number of aliphatic imine (C=N–C) groups is 1. The van der Waals surface area contributed by atoms with Crippen LogP contribution in [0.15, 0.2) is 29.3 Å². The summed E-state index contributed by atoms with van der Waals surface area (Å²) in [7, 11) is 1.80. The highest BCUT2D eigenvalue weighted by atomic mass is 127. The van der Waals surface area contributed by atoms with Gasteiger partial charge in [0, 0.05) is 38.9 Å². The maximum atomic E-state index is 5.43. The number of ether oxygens (including phenoxy) is 1. The molecule has 1 aromatic rings. The number of hydrogen-bond donors (Lipinski definition) is 2. The molecule has 1 aliphatic heterocycles. The van der Waals surface area contributed by atoms with E-state index in [4.69, 9.17) is 4.74 Å². The van der Waals surface area contributed by atoms with Crippen molar-refractivity contribution in [3.05, 3.63) is 29.8 Å². The topological polar surface area (TPSA) is 48.9 Å². The molecule has 1 saturated heterocycles. The van der Waals surface area contributed by atoms with Gasteiger partial charge in [0.05, 0.1) is 13.2 Å². The number of benzene rings is 1. The number of guanidine groups is 1. The molecular weight excluding hydrogens is 391 g/mol. The molecular formula is C16H27IN4O. The SMILES string of the molecule is CCCNC(=NC)NCc1ccccc1N1CCOCC1.I. The Kier molecular flexibility index (Phi) is 9.22. The summed E-state index contributed by atoms with van der Waals surface area (Å²) in [6.45, 7) is 7.39. The second-order valence-electron chi connectivity index (χ2n) is 5.08. The minimum Gasteiger partial charge on any atom is -0.378 e. The quantitative estimate of drug-likeness (QED) is 0.438. The molecule has 0 atom stereocenters. The first-order chi connectivity index (χ1) is 10.3. The van der Waals surface area contributed by atoms with Crippen LogP contribution in [0, 0.1) is 0 Å². The number of halogens is 1. The summed E-state index contributed by atoms with van der Waals surface area (Å²) in [5.41, 5.74) is 2.58. The van der Waals surface area contributed by atoms with E-state index in [2.05, 4.69) is 51.7 Å². The number of nitrogens with zero attached hydrogens (tertiary/aromatic N) is 2. The largest absolute Gasteiger partial charge is 0.378 e. The van der Waals surface area contributed by atoms with Crippen LogP contribution in [0.1, 0.15) is 18.9 Å². The first-order valence-electron chi connectivity index (χ1n) is 7.70. The molecule has 0 saturated carbocycles. The number of rotatable bonds is 5. The molecule has 22 heavy (non-hydrogen) atoms. The van der Waals surface area contributed by atoms with Gasteiger partial charge >= 0.3 is 0 Å². The summed E-state index contributed by atoms with van der Waals surface area (Å²) in [5, 5.41) is 6.67. The normalized spacial score (nSPS) is 15.2. The second kappa shape index (κ2) is 10.7. The molecule has 6 heteroatoms. The van der Waals surface area contributed by atoms with Crippen molar-refractivity contribution >= 4 is 35.6 Å². The summed E-state index contributed by atoms with van der Waals surface area (Å²) in [5.74, 6) is 0.855. The van der Waals surface area contributed by atoms with Gasteiger partial charge in [-0.25, -0.2) is 0 Å². The van der Waals surface area contributed by atoms with Gasteiger partial charge in [-0.2, -0.15) is 0 Å². The average Bonchev–Trinajstić information content (AvgIpc) is 2.56. The zero-order valence-electron chi connectivity index (χ0n) is 13.5. The number of para-hydroxylation sites is 1. The summed E-state index contributed by atoms with van der Waals surface area (Å²) in [6, 6.07) is 8.54. The van der Waals surface area contributed by atoms with Crippen LogP contribution in [0.3, 0.4) is 0 Å². The lowest BCUT2D eigenvalue weighted by Gasteiger charge is -2.30. The molecule has 0 bridgehead atoms. The Morgan fingerprint density at radius 2 is 1.95 bits per heavy atom. The van der Waals surface area contributed by atoms with Crippen LogP contribution in [0.4, 0.5) is 5.69 Å². The van der Waals surface area contributed by atoms with Crippen molar-refractivity contribution in [1.82, 2.24) is 10.6 Å². The Labute approximate surface area is 150 Å². The van der Waals surface area contributed by atoms with Crippen LogP contribution in [-0.2, 0) is 11.3 Å². The van der Waals surface area contributed by atoms with Crippen molar-refractivity contribution in [3.63, 3.8) is 0 Å². The van der Waals surface area contributed by atoms with Crippen molar-refractivity contribution in [2.24, 2.45) is 4.99 Å². The monoisotopic (exact) mass is 418 g/mol. The second-order valence-corrected chi connectivity index (χ2v) is 5.08. The standard InChI is InChI=1S/C16H26N4O.HI/c1-3-8-18-16(17-2)19-13-14-6-4-5-7-15(14)20-9-11-21-12-10-20;/h4-7H,3,8-13H2,1-2H3,(H2,17,18,19);1H. The Bertz CT molecular complexity index is 461. The van der Waals surface area contributed by atoms with E-state index in [1.807, 2.05) is 0 Å². The number of hydrogen-bond acceptors (Lipinski definition) is 3. The van der Waals surface area contributed by atoms with Gasteiger partial charge < -0.3 is 20.3 Å². The van der Waals surface area contributed by atoms with Crippen molar-refractivity contribution in [1.29, 1.82) is 0 Å². The van der Waals surface area contributed by atoms with Gasteiger partial charge in [-0.3, -0.25) is 4.99 Å². The molecule has 124 valence electrons. The van der Waals surface area contributed by atoms with Gasteiger partial charge in [0.15, 0.2) is 5.96 Å². The Morgan fingerprint density at radius 1 is 1.23 bits per heavy atom. The highest BCUT2D eigenvalue weighted by molar-refractivity contribution is 14.0. The van der Waals surface area contributed by atoms with Crippen LogP contribution >= 0.6 is 24.0 Å². The van der Waals surface area contributed by atoms with E-state index in [1.54, 1.807) is 7.05 Å². The van der Waals surface area contributed by atoms with Crippen LogP contribution in [0.5, 0.6) is 0 Å². The molecule has 1 aromatic carbocycles. The lowest BCUT2D eigenvalue weighted by atomic mass is 10.1. The van der Waals surface area contributed by atoms with Crippen molar-refractivity contribution < 1.29 is 4.74 Å². The van der Waals surface area contributed by atoms with Crippen molar-refractivity contribution in [3.8, 4) is 0 Å². The Balaban J connectivity index is 0.00000242. The average molecular weight is 418 g/mol. The van der Waals surface area contributed by atoms with E-state index < -0.39 is 0 Å². The molecule has 0 amide bonds. The van der Waals surface area contributed by atoms with Gasteiger partial charge in [-0.1, -0.05) is 25.1 Å². The van der Waals surface area contributed by atoms with E-state index in [9.17, 15) is 0 Å². The van der Waals surface area contributed by atoms with Gasteiger partial charge in [0.2, 0.25) is 0 Å². The lowest BCUT2D eigenvalue weighted by Crippen LogP contribution is -2.39. The zero-order chi connectivity index (χ0) is 14.9. The fraction of sp³-hybridized carbons (Fsp3) is 0.562. The number of nitrogens with one attached hydrogen (secondary N) is 2. The minimum atomic E-state index is 0. The van der Waals surface area contributed by atoms with E-state index in [0.29, 0.717) is 0 Å². The fourth-order valence-corrected chi connectivity index (χ4v) is 2.42. The predicted molar refractivity (Wildman–Crippen MR) is 103 cm³/mol. The molecule has 0 aliphatic carbocycles. The van der Waals surface area contributed by atoms with E-state index in [-0.39, 0.29) is 24.0 Å². The molecule has 2 N–H and O–H groups in total. The van der Waals surface area contributed by atoms with Crippen LogP contribution in [-0.4, -0.2) is 45.9 Å².